The highest BCUT2D eigenvalue weighted by molar-refractivity contribution is 6.31. The summed E-state index contributed by atoms with van der Waals surface area (Å²) < 4.78 is 15.6. The van der Waals surface area contributed by atoms with E-state index in [0.717, 1.165) is 11.6 Å². The van der Waals surface area contributed by atoms with E-state index in [2.05, 4.69) is 21.5 Å². The van der Waals surface area contributed by atoms with Crippen molar-refractivity contribution in [3.8, 4) is 6.07 Å². The number of benzene rings is 2. The van der Waals surface area contributed by atoms with Crippen molar-refractivity contribution >= 4 is 40.0 Å². The number of rotatable bonds is 5. The van der Waals surface area contributed by atoms with Crippen molar-refractivity contribution in [3.63, 3.8) is 0 Å². The quantitative estimate of drug-likeness (QED) is 0.466. The maximum Gasteiger partial charge on any atom is 0.267 e. The fourth-order valence-corrected chi connectivity index (χ4v) is 3.48. The number of pyridine rings is 1. The predicted octanol–water partition coefficient (Wildman–Crippen LogP) is 3.80. The maximum atomic E-state index is 13.9. The minimum atomic E-state index is -0.854. The van der Waals surface area contributed by atoms with Crippen LogP contribution >= 0.6 is 11.6 Å². The highest BCUT2D eigenvalue weighted by atomic mass is 35.5. The largest absolute Gasteiger partial charge is 0.364 e. The smallest absolute Gasteiger partial charge is 0.267 e. The molecule has 0 bridgehead atoms. The van der Waals surface area contributed by atoms with E-state index >= 15 is 0 Å². The second kappa shape index (κ2) is 8.68. The first-order valence-electron chi connectivity index (χ1n) is 9.69. The van der Waals surface area contributed by atoms with Crippen LogP contribution in [-0.2, 0) is 6.54 Å². The number of nitrogens with one attached hydrogen (secondary N) is 1. The molecular formula is C23H16ClFN6O2. The number of halogens is 2. The zero-order valence-corrected chi connectivity index (χ0v) is 18.0. The van der Waals surface area contributed by atoms with Crippen LogP contribution in [0.15, 0.2) is 48.7 Å². The van der Waals surface area contributed by atoms with E-state index in [9.17, 15) is 14.0 Å². The number of nitrogens with zero attached hydrogens (tertiary/aromatic N) is 4. The highest BCUT2D eigenvalue weighted by Crippen LogP contribution is 2.26. The molecule has 0 aliphatic rings. The van der Waals surface area contributed by atoms with Crippen molar-refractivity contribution in [2.45, 2.75) is 13.5 Å². The second-order valence-electron chi connectivity index (χ2n) is 7.29. The molecule has 4 rings (SSSR count). The van der Waals surface area contributed by atoms with Crippen molar-refractivity contribution in [3.05, 3.63) is 87.6 Å². The maximum absolute atomic E-state index is 13.9. The molecule has 8 nitrogen and oxygen atoms in total. The number of nitriles is 1. The molecule has 10 heteroatoms. The van der Waals surface area contributed by atoms with Crippen molar-refractivity contribution in [2.75, 3.05) is 5.32 Å². The number of aryl methyl sites for hydroxylation is 1. The minimum absolute atomic E-state index is 0.0648. The summed E-state index contributed by atoms with van der Waals surface area (Å²) in [7, 11) is 0. The summed E-state index contributed by atoms with van der Waals surface area (Å²) in [4.78, 5) is 28.8. The van der Waals surface area contributed by atoms with Crippen LogP contribution in [0.3, 0.4) is 0 Å². The van der Waals surface area contributed by atoms with Crippen molar-refractivity contribution < 1.29 is 14.0 Å². The first kappa shape index (κ1) is 21.9. The van der Waals surface area contributed by atoms with E-state index in [1.165, 1.54) is 12.1 Å². The van der Waals surface area contributed by atoms with Gasteiger partial charge in [0.1, 0.15) is 11.5 Å². The Balaban J connectivity index is 1.65. The van der Waals surface area contributed by atoms with E-state index < -0.39 is 17.6 Å². The number of aromatic nitrogens is 3. The molecule has 33 heavy (non-hydrogen) atoms. The van der Waals surface area contributed by atoms with Gasteiger partial charge in [-0.25, -0.2) is 9.37 Å². The van der Waals surface area contributed by atoms with Crippen LogP contribution in [0.5, 0.6) is 0 Å². The topological polar surface area (TPSA) is 127 Å². The van der Waals surface area contributed by atoms with Gasteiger partial charge in [-0.2, -0.15) is 10.4 Å². The monoisotopic (exact) mass is 462 g/mol. The Bertz CT molecular complexity index is 1460. The number of nitrogens with two attached hydrogens (primary N) is 1. The first-order chi connectivity index (χ1) is 15.7. The molecule has 2 aromatic carbocycles. The summed E-state index contributed by atoms with van der Waals surface area (Å²) >= 11 is 5.89. The van der Waals surface area contributed by atoms with Gasteiger partial charge < -0.3 is 11.1 Å². The van der Waals surface area contributed by atoms with Gasteiger partial charge in [-0.3, -0.25) is 14.3 Å². The molecular weight excluding hydrogens is 447 g/mol. The average Bonchev–Trinajstić information content (AvgIpc) is 3.12. The Morgan fingerprint density at radius 2 is 1.97 bits per heavy atom. The lowest BCUT2D eigenvalue weighted by Gasteiger charge is -2.10. The van der Waals surface area contributed by atoms with Gasteiger partial charge in [-0.1, -0.05) is 23.7 Å². The fourth-order valence-electron chi connectivity index (χ4n) is 3.32. The van der Waals surface area contributed by atoms with E-state index in [-0.39, 0.29) is 27.2 Å². The molecule has 0 saturated heterocycles. The number of carbonyl (C=O) groups excluding carboxylic acids is 2. The van der Waals surface area contributed by atoms with E-state index in [0.29, 0.717) is 23.5 Å². The van der Waals surface area contributed by atoms with E-state index in [1.54, 1.807) is 29.9 Å². The molecule has 0 unspecified atom stereocenters. The molecule has 0 atom stereocenters. The third-order valence-corrected chi connectivity index (χ3v) is 5.26. The summed E-state index contributed by atoms with van der Waals surface area (Å²) in [6.07, 6.45) is 1.66. The summed E-state index contributed by atoms with van der Waals surface area (Å²) in [6.45, 7) is 2.16. The van der Waals surface area contributed by atoms with E-state index in [4.69, 9.17) is 22.6 Å². The van der Waals surface area contributed by atoms with Crippen LogP contribution in [0.1, 0.15) is 37.7 Å². The zero-order valence-electron chi connectivity index (χ0n) is 17.3. The van der Waals surface area contributed by atoms with Gasteiger partial charge in [0, 0.05) is 17.6 Å². The van der Waals surface area contributed by atoms with Crippen LogP contribution in [0.25, 0.3) is 10.9 Å². The minimum Gasteiger partial charge on any atom is -0.364 e. The molecule has 0 fully saturated rings. The van der Waals surface area contributed by atoms with Gasteiger partial charge in [0.05, 0.1) is 45.7 Å². The molecule has 3 N–H and O–H groups in total. The Morgan fingerprint density at radius 3 is 2.64 bits per heavy atom. The van der Waals surface area contributed by atoms with Crippen molar-refractivity contribution in [2.24, 2.45) is 5.73 Å². The number of carbonyl (C=O) groups is 2. The average molecular weight is 463 g/mol. The number of hydrogen-bond donors (Lipinski definition) is 2. The Hall–Kier alpha value is -4.29. The normalized spacial score (nSPS) is 10.7. The second-order valence-corrected chi connectivity index (χ2v) is 7.70. The zero-order chi connectivity index (χ0) is 23.7. The molecule has 2 amide bonds. The van der Waals surface area contributed by atoms with E-state index in [1.807, 2.05) is 12.1 Å². The summed E-state index contributed by atoms with van der Waals surface area (Å²) in [6, 6.07) is 12.7. The molecule has 2 heterocycles. The molecule has 164 valence electrons. The lowest BCUT2D eigenvalue weighted by atomic mass is 10.1. The molecule has 0 radical (unpaired) electrons. The summed E-state index contributed by atoms with van der Waals surface area (Å²) in [5, 5.41) is 16.2. The van der Waals surface area contributed by atoms with Gasteiger partial charge in [-0.05, 0) is 36.8 Å². The lowest BCUT2D eigenvalue weighted by molar-refractivity contribution is 0.0996. The van der Waals surface area contributed by atoms with Crippen molar-refractivity contribution in [1.29, 1.82) is 5.26 Å². The third-order valence-electron chi connectivity index (χ3n) is 4.97. The van der Waals surface area contributed by atoms with Gasteiger partial charge in [0.2, 0.25) is 0 Å². The molecule has 0 aliphatic heterocycles. The molecule has 2 aromatic heterocycles. The molecule has 0 aliphatic carbocycles. The molecule has 4 aromatic rings. The standard InChI is InChI=1S/C23H16ClFN6O2/c1-12-21(11-31(30-12)10-14-4-2-13(9-26)3-5-14)29-23(33)16-7-20(22(27)32)28-19-8-18(25)17(24)6-15(16)19/h2-8,11H,10H2,1H3,(H2,27,32)(H,29,33). The number of hydrogen-bond acceptors (Lipinski definition) is 5. The fraction of sp³-hybridized carbons (Fsp3) is 0.0870. The SMILES string of the molecule is Cc1nn(Cc2ccc(C#N)cc2)cc1NC(=O)c1cc(C(N)=O)nc2cc(F)c(Cl)cc12. The predicted molar refractivity (Wildman–Crippen MR) is 120 cm³/mol. The molecule has 0 spiro atoms. The van der Waals surface area contributed by atoms with Crippen LogP contribution in [-0.4, -0.2) is 26.6 Å². The van der Waals surface area contributed by atoms with Gasteiger partial charge >= 0.3 is 0 Å². The highest BCUT2D eigenvalue weighted by Gasteiger charge is 2.19. The first-order valence-corrected chi connectivity index (χ1v) is 10.1. The lowest BCUT2D eigenvalue weighted by Crippen LogP contribution is -2.18. The van der Waals surface area contributed by atoms with Crippen molar-refractivity contribution in [1.82, 2.24) is 14.8 Å². The van der Waals surface area contributed by atoms with Crippen LogP contribution in [0.2, 0.25) is 5.02 Å². The summed E-state index contributed by atoms with van der Waals surface area (Å²) in [5.41, 5.74) is 7.79. The molecule has 0 saturated carbocycles. The van der Waals surface area contributed by atoms with Gasteiger partial charge in [0.15, 0.2) is 0 Å². The Kier molecular flexibility index (Phi) is 5.77. The van der Waals surface area contributed by atoms with Gasteiger partial charge in [0.25, 0.3) is 11.8 Å². The Labute approximate surface area is 192 Å². The Morgan fingerprint density at radius 1 is 1.24 bits per heavy atom. The number of amides is 2. The third kappa shape index (κ3) is 4.51. The number of fused-ring (bicyclic) bond motifs is 1. The number of primary amides is 1. The van der Waals surface area contributed by atoms with Crippen LogP contribution in [0, 0.1) is 24.1 Å². The number of anilines is 1. The van der Waals surface area contributed by atoms with Crippen LogP contribution in [0.4, 0.5) is 10.1 Å². The van der Waals surface area contributed by atoms with Gasteiger partial charge in [-0.15, -0.1) is 0 Å². The summed E-state index contributed by atoms with van der Waals surface area (Å²) in [5.74, 6) is -2.15. The van der Waals surface area contributed by atoms with Crippen LogP contribution < -0.4 is 11.1 Å².